The number of rotatable bonds is 6. The predicted octanol–water partition coefficient (Wildman–Crippen LogP) is 2.95. The summed E-state index contributed by atoms with van der Waals surface area (Å²) in [5.74, 6) is 0.765. The first-order chi connectivity index (χ1) is 12.1. The van der Waals surface area contributed by atoms with E-state index in [1.165, 1.54) is 30.2 Å². The quantitative estimate of drug-likeness (QED) is 0.647. The van der Waals surface area contributed by atoms with Crippen molar-refractivity contribution >= 4 is 39.2 Å². The Kier molecular flexibility index (Phi) is 5.52. The smallest absolute Gasteiger partial charge is 0.260 e. The number of aromatic amines is 1. The summed E-state index contributed by atoms with van der Waals surface area (Å²) >= 11 is 2.82. The summed E-state index contributed by atoms with van der Waals surface area (Å²) in [4.78, 5) is 36.9. The van der Waals surface area contributed by atoms with Gasteiger partial charge >= 0.3 is 0 Å². The van der Waals surface area contributed by atoms with Crippen molar-refractivity contribution in [1.29, 1.82) is 0 Å². The van der Waals surface area contributed by atoms with Crippen molar-refractivity contribution in [1.82, 2.24) is 15.4 Å². The fourth-order valence-electron chi connectivity index (χ4n) is 2.36. The number of carbonyl (C=O) groups is 1. The molecule has 1 atom stereocenters. The first-order valence-electron chi connectivity index (χ1n) is 7.60. The average molecular weight is 375 g/mol. The lowest BCUT2D eigenvalue weighted by Gasteiger charge is -2.09. The summed E-state index contributed by atoms with van der Waals surface area (Å²) in [7, 11) is 1.39. The SMILES string of the molecule is CONC(=O)C(C)SCc1nc2scc(-c3ccccc3)c2c(=O)[nH]1. The Bertz CT molecular complexity index is 937. The summed E-state index contributed by atoms with van der Waals surface area (Å²) in [6.45, 7) is 1.77. The van der Waals surface area contributed by atoms with Crippen molar-refractivity contribution in [2.75, 3.05) is 7.11 Å². The lowest BCUT2D eigenvalue weighted by molar-refractivity contribution is -0.130. The fraction of sp³-hybridized carbons (Fsp3) is 0.235. The predicted molar refractivity (Wildman–Crippen MR) is 102 cm³/mol. The number of fused-ring (bicyclic) bond motifs is 1. The van der Waals surface area contributed by atoms with Gasteiger partial charge in [-0.1, -0.05) is 30.3 Å². The summed E-state index contributed by atoms with van der Waals surface area (Å²) in [6, 6.07) is 9.77. The third-order valence-electron chi connectivity index (χ3n) is 3.62. The molecule has 0 saturated carbocycles. The molecule has 0 radical (unpaired) electrons. The van der Waals surface area contributed by atoms with E-state index in [0.717, 1.165) is 11.1 Å². The number of carbonyl (C=O) groups excluding carboxylic acids is 1. The van der Waals surface area contributed by atoms with Crippen molar-refractivity contribution in [3.63, 3.8) is 0 Å². The Labute approximate surface area is 152 Å². The second-order valence-corrected chi connectivity index (χ2v) is 7.52. The minimum Gasteiger partial charge on any atom is -0.309 e. The van der Waals surface area contributed by atoms with Crippen LogP contribution in [0.2, 0.25) is 0 Å². The molecule has 0 aliphatic carbocycles. The number of hydrogen-bond donors (Lipinski definition) is 2. The van der Waals surface area contributed by atoms with Gasteiger partial charge in [0.1, 0.15) is 10.7 Å². The highest BCUT2D eigenvalue weighted by atomic mass is 32.2. The van der Waals surface area contributed by atoms with Crippen molar-refractivity contribution < 1.29 is 9.63 Å². The van der Waals surface area contributed by atoms with Gasteiger partial charge in [0.25, 0.3) is 11.5 Å². The van der Waals surface area contributed by atoms with E-state index >= 15 is 0 Å². The van der Waals surface area contributed by atoms with Crippen LogP contribution in [-0.4, -0.2) is 28.2 Å². The van der Waals surface area contributed by atoms with Crippen molar-refractivity contribution in [3.8, 4) is 11.1 Å². The van der Waals surface area contributed by atoms with Crippen LogP contribution in [0.1, 0.15) is 12.7 Å². The highest BCUT2D eigenvalue weighted by Gasteiger charge is 2.16. The van der Waals surface area contributed by atoms with Crippen molar-refractivity contribution in [3.05, 3.63) is 51.9 Å². The second-order valence-electron chi connectivity index (χ2n) is 5.33. The van der Waals surface area contributed by atoms with E-state index in [9.17, 15) is 9.59 Å². The van der Waals surface area contributed by atoms with E-state index in [0.29, 0.717) is 21.8 Å². The summed E-state index contributed by atoms with van der Waals surface area (Å²) in [5.41, 5.74) is 4.02. The molecule has 2 N–H and O–H groups in total. The normalized spacial score (nSPS) is 12.2. The summed E-state index contributed by atoms with van der Waals surface area (Å²) in [6.07, 6.45) is 0. The molecule has 0 aliphatic heterocycles. The van der Waals surface area contributed by atoms with Gasteiger partial charge in [-0.05, 0) is 12.5 Å². The van der Waals surface area contributed by atoms with Crippen LogP contribution in [0.4, 0.5) is 0 Å². The fourth-order valence-corrected chi connectivity index (χ4v) is 4.07. The van der Waals surface area contributed by atoms with E-state index in [1.807, 2.05) is 35.7 Å². The summed E-state index contributed by atoms with van der Waals surface area (Å²) < 4.78 is 0. The molecule has 130 valence electrons. The number of amides is 1. The molecule has 25 heavy (non-hydrogen) atoms. The lowest BCUT2D eigenvalue weighted by atomic mass is 10.1. The van der Waals surface area contributed by atoms with Crippen LogP contribution < -0.4 is 11.0 Å². The molecule has 6 nitrogen and oxygen atoms in total. The molecule has 3 aromatic rings. The maximum absolute atomic E-state index is 12.5. The maximum atomic E-state index is 12.5. The number of nitrogens with one attached hydrogen (secondary N) is 2. The van der Waals surface area contributed by atoms with Gasteiger partial charge in [0.15, 0.2) is 0 Å². The molecule has 2 aromatic heterocycles. The molecule has 0 bridgehead atoms. The van der Waals surface area contributed by atoms with E-state index in [1.54, 1.807) is 6.92 Å². The van der Waals surface area contributed by atoms with E-state index in [2.05, 4.69) is 20.3 Å². The van der Waals surface area contributed by atoms with Gasteiger partial charge in [-0.2, -0.15) is 0 Å². The van der Waals surface area contributed by atoms with Gasteiger partial charge in [0.05, 0.1) is 23.5 Å². The van der Waals surface area contributed by atoms with Gasteiger partial charge < -0.3 is 4.98 Å². The molecule has 8 heteroatoms. The van der Waals surface area contributed by atoms with Crippen LogP contribution in [0.15, 0.2) is 40.5 Å². The minimum atomic E-state index is -0.316. The van der Waals surface area contributed by atoms with Gasteiger partial charge in [-0.25, -0.2) is 10.5 Å². The standard InChI is InChI=1S/C17H17N3O3S2/c1-10(15(21)20-23-2)24-9-13-18-16(22)14-12(8-25-17(14)19-13)11-6-4-3-5-7-11/h3-8,10H,9H2,1-2H3,(H,20,21)(H,18,19,22). The molecular formula is C17H17N3O3S2. The number of thioether (sulfide) groups is 1. The molecule has 1 aromatic carbocycles. The number of hydrogen-bond acceptors (Lipinski definition) is 6. The van der Waals surface area contributed by atoms with Crippen molar-refractivity contribution in [2.45, 2.75) is 17.9 Å². The molecule has 0 saturated heterocycles. The van der Waals surface area contributed by atoms with Gasteiger partial charge in [-0.15, -0.1) is 23.1 Å². The molecule has 3 rings (SSSR count). The van der Waals surface area contributed by atoms with Crippen molar-refractivity contribution in [2.24, 2.45) is 0 Å². The molecular weight excluding hydrogens is 358 g/mol. The van der Waals surface area contributed by atoms with Gasteiger partial charge in [-0.3, -0.25) is 14.4 Å². The topological polar surface area (TPSA) is 84.1 Å². The zero-order valence-electron chi connectivity index (χ0n) is 13.7. The van der Waals surface area contributed by atoms with Crippen LogP contribution in [0.3, 0.4) is 0 Å². The monoisotopic (exact) mass is 375 g/mol. The number of nitrogens with zero attached hydrogens (tertiary/aromatic N) is 1. The number of H-pyrrole nitrogens is 1. The Morgan fingerprint density at radius 2 is 2.16 bits per heavy atom. The minimum absolute atomic E-state index is 0.158. The van der Waals surface area contributed by atoms with E-state index < -0.39 is 0 Å². The van der Waals surface area contributed by atoms with Gasteiger partial charge in [0, 0.05) is 10.9 Å². The molecule has 0 spiro atoms. The second kappa shape index (κ2) is 7.81. The van der Waals surface area contributed by atoms with Crippen LogP contribution in [0, 0.1) is 0 Å². The number of thiophene rings is 1. The zero-order chi connectivity index (χ0) is 17.8. The van der Waals surface area contributed by atoms with Crippen LogP contribution in [0.5, 0.6) is 0 Å². The molecule has 1 unspecified atom stereocenters. The van der Waals surface area contributed by atoms with E-state index in [-0.39, 0.29) is 16.7 Å². The molecule has 1 amide bonds. The van der Waals surface area contributed by atoms with Crippen LogP contribution in [-0.2, 0) is 15.4 Å². The zero-order valence-corrected chi connectivity index (χ0v) is 15.4. The highest BCUT2D eigenvalue weighted by molar-refractivity contribution is 7.99. The maximum Gasteiger partial charge on any atom is 0.260 e. The first-order valence-corrected chi connectivity index (χ1v) is 9.53. The van der Waals surface area contributed by atoms with Crippen LogP contribution >= 0.6 is 23.1 Å². The van der Waals surface area contributed by atoms with E-state index in [4.69, 9.17) is 0 Å². The Morgan fingerprint density at radius 1 is 1.40 bits per heavy atom. The average Bonchev–Trinajstić information content (AvgIpc) is 3.05. The third-order valence-corrected chi connectivity index (χ3v) is 5.65. The lowest BCUT2D eigenvalue weighted by Crippen LogP contribution is -2.30. The number of benzene rings is 1. The van der Waals surface area contributed by atoms with Crippen LogP contribution in [0.25, 0.3) is 21.3 Å². The Balaban J connectivity index is 1.84. The van der Waals surface area contributed by atoms with Gasteiger partial charge in [0.2, 0.25) is 0 Å². The number of hydroxylamine groups is 1. The third kappa shape index (κ3) is 3.92. The number of aromatic nitrogens is 2. The molecule has 2 heterocycles. The molecule has 0 fully saturated rings. The molecule has 0 aliphatic rings. The first kappa shape index (κ1) is 17.7. The Hall–Kier alpha value is -2.16. The highest BCUT2D eigenvalue weighted by Crippen LogP contribution is 2.30. The largest absolute Gasteiger partial charge is 0.309 e. The summed E-state index contributed by atoms with van der Waals surface area (Å²) in [5, 5.41) is 2.24. The Morgan fingerprint density at radius 3 is 2.88 bits per heavy atom.